The van der Waals surface area contributed by atoms with Crippen LogP contribution in [0.1, 0.15) is 17.2 Å². The Labute approximate surface area is 137 Å². The molecular weight excluding hydrogens is 392 g/mol. The van der Waals surface area contributed by atoms with E-state index in [-0.39, 0.29) is 6.04 Å². The minimum atomic E-state index is 0.226. The molecule has 0 amide bonds. The van der Waals surface area contributed by atoms with E-state index < -0.39 is 0 Å². The van der Waals surface area contributed by atoms with E-state index in [4.69, 9.17) is 23.2 Å². The molecule has 19 heavy (non-hydrogen) atoms. The lowest BCUT2D eigenvalue weighted by Crippen LogP contribution is -2.20. The summed E-state index contributed by atoms with van der Waals surface area (Å²) in [5, 5.41) is 4.83. The maximum atomic E-state index is 6.24. The molecule has 1 N–H and O–H groups in total. The van der Waals surface area contributed by atoms with Crippen molar-refractivity contribution in [3.63, 3.8) is 0 Å². The molecule has 2 rings (SSSR count). The van der Waals surface area contributed by atoms with E-state index in [1.165, 1.54) is 9.13 Å². The largest absolute Gasteiger partial charge is 0.313 e. The van der Waals surface area contributed by atoms with Gasteiger partial charge in [0.25, 0.3) is 0 Å². The van der Waals surface area contributed by atoms with Crippen LogP contribution in [0.15, 0.2) is 42.5 Å². The molecule has 0 bridgehead atoms. The lowest BCUT2D eigenvalue weighted by Gasteiger charge is -2.19. The van der Waals surface area contributed by atoms with Crippen LogP contribution in [0.5, 0.6) is 0 Å². The third kappa shape index (κ3) is 3.85. The summed E-state index contributed by atoms with van der Waals surface area (Å²) in [7, 11) is 1.96. The van der Waals surface area contributed by atoms with Gasteiger partial charge in [0, 0.05) is 19.7 Å². The van der Waals surface area contributed by atoms with Gasteiger partial charge in [0.05, 0.1) is 0 Å². The first kappa shape index (κ1) is 15.1. The molecule has 0 fully saturated rings. The van der Waals surface area contributed by atoms with Crippen molar-refractivity contribution in [1.82, 2.24) is 5.32 Å². The fourth-order valence-electron chi connectivity index (χ4n) is 2.04. The molecule has 1 atom stereocenters. The Bertz CT molecular complexity index is 572. The van der Waals surface area contributed by atoms with Crippen LogP contribution in [0.4, 0.5) is 0 Å². The molecule has 0 aromatic heterocycles. The van der Waals surface area contributed by atoms with Crippen LogP contribution < -0.4 is 5.32 Å². The Balaban J connectivity index is 2.29. The Morgan fingerprint density at radius 3 is 2.58 bits per heavy atom. The van der Waals surface area contributed by atoms with Crippen molar-refractivity contribution in [2.24, 2.45) is 0 Å². The summed E-state index contributed by atoms with van der Waals surface area (Å²) >= 11 is 14.6. The molecule has 1 nitrogen and oxygen atoms in total. The summed E-state index contributed by atoms with van der Waals surface area (Å²) < 4.78 is 1.25. The first-order valence-corrected chi connectivity index (χ1v) is 7.81. The predicted molar refractivity (Wildman–Crippen MR) is 91.1 cm³/mol. The van der Waals surface area contributed by atoms with E-state index >= 15 is 0 Å². The van der Waals surface area contributed by atoms with Crippen molar-refractivity contribution in [3.05, 3.63) is 67.2 Å². The number of benzene rings is 2. The highest BCUT2D eigenvalue weighted by atomic mass is 127. The first-order chi connectivity index (χ1) is 9.11. The topological polar surface area (TPSA) is 12.0 Å². The number of nitrogens with one attached hydrogen (secondary N) is 1. The summed E-state index contributed by atoms with van der Waals surface area (Å²) in [4.78, 5) is 0. The molecule has 0 saturated carbocycles. The number of hydrogen-bond donors (Lipinski definition) is 1. The summed E-state index contributed by atoms with van der Waals surface area (Å²) in [6.07, 6.45) is 0.815. The zero-order valence-corrected chi connectivity index (χ0v) is 14.1. The second-order valence-electron chi connectivity index (χ2n) is 4.30. The summed E-state index contributed by atoms with van der Waals surface area (Å²) in [6.45, 7) is 0. The monoisotopic (exact) mass is 405 g/mol. The van der Waals surface area contributed by atoms with Crippen LogP contribution in [0, 0.1) is 3.57 Å². The first-order valence-electron chi connectivity index (χ1n) is 5.97. The smallest absolute Gasteiger partial charge is 0.0439 e. The zero-order valence-electron chi connectivity index (χ0n) is 10.5. The van der Waals surface area contributed by atoms with Crippen LogP contribution in [-0.2, 0) is 6.42 Å². The highest BCUT2D eigenvalue weighted by Gasteiger charge is 2.14. The Morgan fingerprint density at radius 1 is 1.16 bits per heavy atom. The van der Waals surface area contributed by atoms with E-state index in [0.717, 1.165) is 22.0 Å². The third-order valence-corrected chi connectivity index (χ3v) is 4.65. The molecule has 0 heterocycles. The van der Waals surface area contributed by atoms with Crippen LogP contribution in [0.2, 0.25) is 10.0 Å². The maximum Gasteiger partial charge on any atom is 0.0439 e. The molecule has 0 spiro atoms. The van der Waals surface area contributed by atoms with Crippen LogP contribution >= 0.6 is 45.8 Å². The molecule has 0 saturated heterocycles. The highest BCUT2D eigenvalue weighted by molar-refractivity contribution is 14.1. The molecule has 2 aromatic rings. The van der Waals surface area contributed by atoms with Gasteiger partial charge in [-0.3, -0.25) is 0 Å². The van der Waals surface area contributed by atoms with E-state index in [1.807, 2.05) is 31.3 Å². The van der Waals surface area contributed by atoms with Gasteiger partial charge in [0.2, 0.25) is 0 Å². The van der Waals surface area contributed by atoms with E-state index in [9.17, 15) is 0 Å². The van der Waals surface area contributed by atoms with E-state index in [1.54, 1.807) is 0 Å². The van der Waals surface area contributed by atoms with Crippen molar-refractivity contribution in [1.29, 1.82) is 0 Å². The number of likely N-dealkylation sites (N-methyl/N-ethyl adjacent to an activating group) is 1. The van der Waals surface area contributed by atoms with Crippen LogP contribution in [0.25, 0.3) is 0 Å². The molecule has 0 aliphatic heterocycles. The summed E-state index contributed by atoms with van der Waals surface area (Å²) in [6, 6.07) is 14.2. The van der Waals surface area contributed by atoms with E-state index in [2.05, 4.69) is 46.1 Å². The van der Waals surface area contributed by atoms with Gasteiger partial charge >= 0.3 is 0 Å². The minimum Gasteiger partial charge on any atom is -0.313 e. The Kier molecular flexibility index (Phi) is 5.51. The molecule has 0 radical (unpaired) electrons. The quantitative estimate of drug-likeness (QED) is 0.697. The molecule has 0 aliphatic rings. The molecule has 0 aliphatic carbocycles. The second kappa shape index (κ2) is 6.93. The molecular formula is C15H14Cl2IN. The zero-order chi connectivity index (χ0) is 13.8. The minimum absolute atomic E-state index is 0.226. The lowest BCUT2D eigenvalue weighted by atomic mass is 9.99. The molecule has 100 valence electrons. The molecule has 1 unspecified atom stereocenters. The van der Waals surface area contributed by atoms with Gasteiger partial charge in [-0.2, -0.15) is 0 Å². The van der Waals surface area contributed by atoms with Gasteiger partial charge < -0.3 is 5.32 Å². The van der Waals surface area contributed by atoms with Crippen molar-refractivity contribution in [2.45, 2.75) is 12.5 Å². The number of rotatable bonds is 4. The van der Waals surface area contributed by atoms with Crippen LogP contribution in [-0.4, -0.2) is 7.05 Å². The average molecular weight is 406 g/mol. The van der Waals surface area contributed by atoms with Gasteiger partial charge in [-0.1, -0.05) is 41.4 Å². The van der Waals surface area contributed by atoms with Gasteiger partial charge in [-0.15, -0.1) is 0 Å². The maximum absolute atomic E-state index is 6.24. The number of hydrogen-bond acceptors (Lipinski definition) is 1. The molecule has 4 heteroatoms. The fraction of sp³-hybridized carbons (Fsp3) is 0.200. The van der Waals surface area contributed by atoms with Crippen molar-refractivity contribution < 1.29 is 0 Å². The highest BCUT2D eigenvalue weighted by Crippen LogP contribution is 2.28. The normalized spacial score (nSPS) is 12.4. The summed E-state index contributed by atoms with van der Waals surface area (Å²) in [5.41, 5.74) is 2.34. The third-order valence-electron chi connectivity index (χ3n) is 3.06. The van der Waals surface area contributed by atoms with Crippen LogP contribution in [0.3, 0.4) is 0 Å². The Hall–Kier alpha value is -0.290. The lowest BCUT2D eigenvalue weighted by molar-refractivity contribution is 0.589. The SMILES string of the molecule is CNC(Cc1cc(Cl)ccc1Cl)c1ccccc1I. The number of halogens is 3. The van der Waals surface area contributed by atoms with E-state index in [0.29, 0.717) is 0 Å². The van der Waals surface area contributed by atoms with Crippen molar-refractivity contribution in [2.75, 3.05) is 7.05 Å². The standard InChI is InChI=1S/C15H14Cl2IN/c1-19-15(12-4-2-3-5-14(12)18)9-10-8-11(16)6-7-13(10)17/h2-8,15,19H,9H2,1H3. The average Bonchev–Trinajstić information content (AvgIpc) is 2.41. The van der Waals surface area contributed by atoms with Gasteiger partial charge in [-0.25, -0.2) is 0 Å². The fourth-order valence-corrected chi connectivity index (χ4v) is 3.20. The Morgan fingerprint density at radius 2 is 1.89 bits per heavy atom. The van der Waals surface area contributed by atoms with Crippen molar-refractivity contribution in [3.8, 4) is 0 Å². The predicted octanol–water partition coefficient (Wildman–Crippen LogP) is 5.10. The summed E-state index contributed by atoms with van der Waals surface area (Å²) in [5.74, 6) is 0. The van der Waals surface area contributed by atoms with Gasteiger partial charge in [-0.05, 0) is 71.5 Å². The molecule has 2 aromatic carbocycles. The van der Waals surface area contributed by atoms with Gasteiger partial charge in [0.15, 0.2) is 0 Å². The van der Waals surface area contributed by atoms with Crippen molar-refractivity contribution >= 4 is 45.8 Å². The second-order valence-corrected chi connectivity index (χ2v) is 6.31. The van der Waals surface area contributed by atoms with Gasteiger partial charge in [0.1, 0.15) is 0 Å².